The van der Waals surface area contributed by atoms with E-state index >= 15 is 0 Å². The van der Waals surface area contributed by atoms with Crippen molar-refractivity contribution in [2.75, 3.05) is 42.9 Å². The maximum absolute atomic E-state index is 13.7. The summed E-state index contributed by atoms with van der Waals surface area (Å²) < 4.78 is 5.53. The maximum Gasteiger partial charge on any atom is 0.410 e. The van der Waals surface area contributed by atoms with Gasteiger partial charge in [-0.15, -0.1) is 0 Å². The molecule has 1 fully saturated rings. The number of hydrogen-bond donors (Lipinski definition) is 5. The van der Waals surface area contributed by atoms with Crippen LogP contribution in [0.1, 0.15) is 92.0 Å². The summed E-state index contributed by atoms with van der Waals surface area (Å²) in [6.07, 6.45) is 6.28. The molecule has 1 saturated heterocycles. The van der Waals surface area contributed by atoms with Crippen LogP contribution in [0, 0.1) is 20.8 Å². The van der Waals surface area contributed by atoms with Gasteiger partial charge in [0.05, 0.1) is 0 Å². The quantitative estimate of drug-likeness (QED) is 0.0815. The number of aryl methyl sites for hydroxylation is 2. The van der Waals surface area contributed by atoms with Crippen LogP contribution in [-0.2, 0) is 16.1 Å². The molecule has 1 aliphatic heterocycles. The number of amides is 3. The third-order valence-corrected chi connectivity index (χ3v) is 8.93. The summed E-state index contributed by atoms with van der Waals surface area (Å²) in [5.41, 5.74) is 6.83. The Morgan fingerprint density at radius 1 is 0.941 bits per heavy atom. The fourth-order valence-electron chi connectivity index (χ4n) is 6.07. The molecule has 1 aromatic carbocycles. The Hall–Kier alpha value is -4.91. The summed E-state index contributed by atoms with van der Waals surface area (Å²) in [5.74, 6) is 0.161. The highest BCUT2D eigenvalue weighted by molar-refractivity contribution is 5.98. The molecule has 13 nitrogen and oxygen atoms in total. The van der Waals surface area contributed by atoms with Gasteiger partial charge in [-0.05, 0) is 101 Å². The fraction of sp³-hybridized carbons (Fsp3) is 0.500. The van der Waals surface area contributed by atoms with Crippen LogP contribution in [0.3, 0.4) is 0 Å². The zero-order valence-electron chi connectivity index (χ0n) is 30.8. The number of H-pyrrole nitrogens is 1. The van der Waals surface area contributed by atoms with E-state index in [0.717, 1.165) is 71.6 Å². The molecule has 0 spiro atoms. The number of pyridine rings is 2. The van der Waals surface area contributed by atoms with E-state index in [-0.39, 0.29) is 30.0 Å². The Morgan fingerprint density at radius 2 is 1.65 bits per heavy atom. The number of rotatable bonds is 14. The van der Waals surface area contributed by atoms with E-state index in [1.54, 1.807) is 16.6 Å². The third kappa shape index (κ3) is 11.3. The number of anilines is 2. The number of hydroxylamine groups is 1. The predicted molar refractivity (Wildman–Crippen MR) is 198 cm³/mol. The lowest BCUT2D eigenvalue weighted by molar-refractivity contribution is -0.129. The second-order valence-corrected chi connectivity index (χ2v) is 14.2. The van der Waals surface area contributed by atoms with Crippen molar-refractivity contribution in [1.82, 2.24) is 25.7 Å². The largest absolute Gasteiger partial charge is 0.444 e. The smallest absolute Gasteiger partial charge is 0.410 e. The first kappa shape index (κ1) is 38.9. The van der Waals surface area contributed by atoms with Gasteiger partial charge in [-0.1, -0.05) is 19.3 Å². The van der Waals surface area contributed by atoms with E-state index in [9.17, 15) is 19.2 Å². The van der Waals surface area contributed by atoms with Crippen molar-refractivity contribution in [2.45, 2.75) is 92.2 Å². The Kier molecular flexibility index (Phi) is 13.6. The summed E-state index contributed by atoms with van der Waals surface area (Å²) in [7, 11) is 0. The number of nitrogens with zero attached hydrogens (tertiary/aromatic N) is 3. The highest BCUT2D eigenvalue weighted by Crippen LogP contribution is 2.30. The summed E-state index contributed by atoms with van der Waals surface area (Å²) >= 11 is 0. The first-order valence-corrected chi connectivity index (χ1v) is 17.7. The van der Waals surface area contributed by atoms with Crippen LogP contribution in [0.5, 0.6) is 0 Å². The molecule has 4 rings (SSSR count). The van der Waals surface area contributed by atoms with Crippen molar-refractivity contribution in [1.29, 1.82) is 0 Å². The lowest BCUT2D eigenvalue weighted by atomic mass is 9.97. The van der Waals surface area contributed by atoms with E-state index in [1.807, 2.05) is 71.9 Å². The molecule has 276 valence electrons. The normalized spacial score (nSPS) is 13.2. The molecule has 0 bridgehead atoms. The minimum atomic E-state index is -0.542. The summed E-state index contributed by atoms with van der Waals surface area (Å²) in [5, 5.41) is 15.1. The van der Waals surface area contributed by atoms with Crippen LogP contribution >= 0.6 is 0 Å². The molecule has 13 heteroatoms. The molecule has 3 amide bonds. The molecular weight excluding hydrogens is 650 g/mol. The van der Waals surface area contributed by atoms with Gasteiger partial charge in [0.25, 0.3) is 11.5 Å². The van der Waals surface area contributed by atoms with E-state index in [4.69, 9.17) is 14.9 Å². The minimum Gasteiger partial charge on any atom is -0.444 e. The number of nitrogens with one attached hydrogen (secondary N) is 4. The molecule has 1 aliphatic rings. The molecule has 51 heavy (non-hydrogen) atoms. The molecular formula is C38H53N7O6. The molecule has 0 saturated carbocycles. The number of benzene rings is 1. The van der Waals surface area contributed by atoms with Gasteiger partial charge in [0.2, 0.25) is 5.91 Å². The van der Waals surface area contributed by atoms with Crippen LogP contribution in [0.25, 0.3) is 11.1 Å². The van der Waals surface area contributed by atoms with Crippen LogP contribution in [0.4, 0.5) is 16.3 Å². The number of aromatic nitrogens is 2. The molecule has 0 aliphatic carbocycles. The van der Waals surface area contributed by atoms with Gasteiger partial charge in [0.1, 0.15) is 11.4 Å². The fourth-order valence-corrected chi connectivity index (χ4v) is 6.07. The first-order chi connectivity index (χ1) is 24.3. The average Bonchev–Trinajstić information content (AvgIpc) is 3.08. The Morgan fingerprint density at radius 3 is 2.29 bits per heavy atom. The summed E-state index contributed by atoms with van der Waals surface area (Å²) in [4.78, 5) is 61.4. The Balaban J connectivity index is 1.47. The van der Waals surface area contributed by atoms with E-state index in [1.165, 1.54) is 0 Å². The summed E-state index contributed by atoms with van der Waals surface area (Å²) in [6.45, 7) is 14.3. The van der Waals surface area contributed by atoms with Gasteiger partial charge in [-0.25, -0.2) is 15.3 Å². The Bertz CT molecular complexity index is 1720. The van der Waals surface area contributed by atoms with Crippen LogP contribution < -0.4 is 26.6 Å². The molecule has 5 N–H and O–H groups in total. The zero-order valence-corrected chi connectivity index (χ0v) is 30.8. The molecule has 3 heterocycles. The van der Waals surface area contributed by atoms with Gasteiger partial charge in [-0.3, -0.25) is 19.6 Å². The van der Waals surface area contributed by atoms with Gasteiger partial charge >= 0.3 is 6.09 Å². The number of unbranched alkanes of at least 4 members (excludes halogenated alkanes) is 4. The molecule has 0 radical (unpaired) electrons. The lowest BCUT2D eigenvalue weighted by Crippen LogP contribution is -2.50. The van der Waals surface area contributed by atoms with E-state index < -0.39 is 5.60 Å². The van der Waals surface area contributed by atoms with Crippen molar-refractivity contribution >= 4 is 29.4 Å². The number of hydrogen-bond acceptors (Lipinski definition) is 9. The predicted octanol–water partition coefficient (Wildman–Crippen LogP) is 5.61. The molecule has 3 aromatic rings. The third-order valence-electron chi connectivity index (χ3n) is 8.93. The van der Waals surface area contributed by atoms with Crippen molar-refractivity contribution in [3.05, 3.63) is 74.8 Å². The summed E-state index contributed by atoms with van der Waals surface area (Å²) in [6, 6.07) is 9.73. The topological polar surface area (TPSA) is 169 Å². The number of piperazine rings is 1. The average molecular weight is 704 g/mol. The maximum atomic E-state index is 13.7. The van der Waals surface area contributed by atoms with Gasteiger partial charge < -0.3 is 30.2 Å². The zero-order chi connectivity index (χ0) is 37.1. The molecule has 2 aromatic heterocycles. The number of aromatic amines is 1. The standard InChI is InChI=1S/C38H53N7O6/c1-25-20-26(2)42-36(48)31(25)24-41-35(47)30-21-29(22-32(27(30)3)39-15-11-9-7-8-10-12-34(46)43-50)28-13-14-33(40-23-28)44-16-18-45(19-17-44)37(49)51-38(4,5)6/h13-14,20-23,39,50H,7-12,15-19,24H2,1-6H3,(H,41,47)(H,42,48)(H,43,46). The SMILES string of the molecule is Cc1cc(C)c(CNC(=O)c2cc(-c3ccc(N4CCN(C(=O)OC(C)(C)C)CC4)nc3)cc(NCCCCCCCC(=O)NO)c2C)c(=O)[nH]1. The second kappa shape index (κ2) is 17.8. The Labute approximate surface area is 300 Å². The number of carbonyl (C=O) groups excluding carboxylic acids is 3. The van der Waals surface area contributed by atoms with Crippen molar-refractivity contribution in [3.63, 3.8) is 0 Å². The lowest BCUT2D eigenvalue weighted by Gasteiger charge is -2.36. The highest BCUT2D eigenvalue weighted by atomic mass is 16.6. The van der Waals surface area contributed by atoms with Crippen molar-refractivity contribution < 1.29 is 24.3 Å². The van der Waals surface area contributed by atoms with Gasteiger partial charge in [0, 0.05) is 80.0 Å². The van der Waals surface area contributed by atoms with Crippen LogP contribution in [0.15, 0.2) is 41.3 Å². The van der Waals surface area contributed by atoms with Crippen molar-refractivity contribution in [2.24, 2.45) is 0 Å². The highest BCUT2D eigenvalue weighted by Gasteiger charge is 2.26. The molecule has 0 atom stereocenters. The minimum absolute atomic E-state index is 0.101. The monoisotopic (exact) mass is 703 g/mol. The van der Waals surface area contributed by atoms with E-state index in [0.29, 0.717) is 50.3 Å². The second-order valence-electron chi connectivity index (χ2n) is 14.2. The number of ether oxygens (including phenoxy) is 1. The number of carbonyl (C=O) groups is 3. The van der Waals surface area contributed by atoms with Crippen LogP contribution in [-0.4, -0.2) is 76.3 Å². The van der Waals surface area contributed by atoms with Crippen LogP contribution in [0.2, 0.25) is 0 Å². The van der Waals surface area contributed by atoms with E-state index in [2.05, 4.69) is 20.5 Å². The van der Waals surface area contributed by atoms with Crippen molar-refractivity contribution in [3.8, 4) is 11.1 Å². The van der Waals surface area contributed by atoms with Gasteiger partial charge in [-0.2, -0.15) is 0 Å². The van der Waals surface area contributed by atoms with Gasteiger partial charge in [0.15, 0.2) is 0 Å². The first-order valence-electron chi connectivity index (χ1n) is 17.7. The molecule has 0 unspecified atom stereocenters.